The van der Waals surface area contributed by atoms with E-state index in [0.29, 0.717) is 6.42 Å². The van der Waals surface area contributed by atoms with Crippen molar-refractivity contribution in [3.63, 3.8) is 0 Å². The average molecular weight is 373 g/mol. The molecule has 0 radical (unpaired) electrons. The van der Waals surface area contributed by atoms with Gasteiger partial charge in [0.25, 0.3) is 0 Å². The smallest absolute Gasteiger partial charge is 0.163 e. The molecule has 2 heteroatoms. The van der Waals surface area contributed by atoms with E-state index in [4.69, 9.17) is 0 Å². The van der Waals surface area contributed by atoms with Crippen molar-refractivity contribution in [2.75, 3.05) is 0 Å². The van der Waals surface area contributed by atoms with Gasteiger partial charge in [-0.05, 0) is 42.7 Å². The van der Waals surface area contributed by atoms with Gasteiger partial charge in [-0.1, -0.05) is 68.5 Å². The summed E-state index contributed by atoms with van der Waals surface area (Å²) in [5.74, 6) is 6.69. The number of carbonyl (C=O) groups excluding carboxylic acids is 1. The van der Waals surface area contributed by atoms with Crippen molar-refractivity contribution >= 4 is 17.1 Å². The van der Waals surface area contributed by atoms with E-state index >= 15 is 0 Å². The van der Waals surface area contributed by atoms with E-state index in [0.717, 1.165) is 32.9 Å². The van der Waals surface area contributed by atoms with Crippen molar-refractivity contribution in [1.29, 1.82) is 0 Å². The molecule has 3 rings (SSSR count). The Hall–Kier alpha value is -2.63. The fourth-order valence-electron chi connectivity index (χ4n) is 2.95. The van der Waals surface area contributed by atoms with E-state index in [1.165, 1.54) is 18.4 Å². The predicted octanol–water partition coefficient (Wildman–Crippen LogP) is 6.75. The second-order valence-corrected chi connectivity index (χ2v) is 7.62. The van der Waals surface area contributed by atoms with Crippen molar-refractivity contribution in [3.8, 4) is 22.3 Å². The third kappa shape index (κ3) is 4.96. The lowest BCUT2D eigenvalue weighted by Crippen LogP contribution is -1.98. The maximum atomic E-state index is 12.2. The number of unbranched alkanes of at least 4 members (excludes halogenated alkanes) is 1. The van der Waals surface area contributed by atoms with Crippen LogP contribution in [0.1, 0.15) is 59.5 Å². The highest BCUT2D eigenvalue weighted by atomic mass is 32.1. The molecule has 27 heavy (non-hydrogen) atoms. The van der Waals surface area contributed by atoms with Crippen LogP contribution < -0.4 is 0 Å². The first-order valence-electron chi connectivity index (χ1n) is 9.54. The van der Waals surface area contributed by atoms with Gasteiger partial charge < -0.3 is 0 Å². The quantitative estimate of drug-likeness (QED) is 0.345. The summed E-state index contributed by atoms with van der Waals surface area (Å²) >= 11 is 1.64. The minimum atomic E-state index is 0.176. The van der Waals surface area contributed by atoms with Crippen LogP contribution in [0.4, 0.5) is 0 Å². The molecular formula is C25H24OS. The zero-order valence-corrected chi connectivity index (χ0v) is 16.7. The van der Waals surface area contributed by atoms with Gasteiger partial charge in [0, 0.05) is 28.0 Å². The van der Waals surface area contributed by atoms with Crippen molar-refractivity contribution in [3.05, 3.63) is 82.2 Å². The van der Waals surface area contributed by atoms with Gasteiger partial charge in [-0.25, -0.2) is 0 Å². The van der Waals surface area contributed by atoms with E-state index in [-0.39, 0.29) is 5.78 Å². The molecule has 1 heterocycles. The minimum absolute atomic E-state index is 0.176. The SMILES string of the molecule is CCCCc1ccc(C#Cc2ccc(-c3ccccc3C(=O)CC)s2)cc1. The van der Waals surface area contributed by atoms with E-state index in [9.17, 15) is 4.79 Å². The monoisotopic (exact) mass is 372 g/mol. The summed E-state index contributed by atoms with van der Waals surface area (Å²) in [5, 5.41) is 0. The number of hydrogen-bond acceptors (Lipinski definition) is 2. The second kappa shape index (κ2) is 9.35. The predicted molar refractivity (Wildman–Crippen MR) is 115 cm³/mol. The molecule has 0 unspecified atom stereocenters. The van der Waals surface area contributed by atoms with E-state index in [2.05, 4.69) is 49.1 Å². The number of rotatable bonds is 6. The van der Waals surface area contributed by atoms with Crippen LogP contribution in [0.3, 0.4) is 0 Å². The maximum Gasteiger partial charge on any atom is 0.163 e. The van der Waals surface area contributed by atoms with E-state index in [1.54, 1.807) is 11.3 Å². The molecule has 0 aliphatic rings. The van der Waals surface area contributed by atoms with Crippen molar-refractivity contribution in [2.24, 2.45) is 0 Å². The van der Waals surface area contributed by atoms with Crippen molar-refractivity contribution in [1.82, 2.24) is 0 Å². The second-order valence-electron chi connectivity index (χ2n) is 6.54. The third-order valence-corrected chi connectivity index (χ3v) is 5.56. The van der Waals surface area contributed by atoms with Gasteiger partial charge in [-0.3, -0.25) is 4.79 Å². The molecule has 0 bridgehead atoms. The Morgan fingerprint density at radius 3 is 2.44 bits per heavy atom. The summed E-state index contributed by atoms with van der Waals surface area (Å²) in [6.07, 6.45) is 4.10. The van der Waals surface area contributed by atoms with Gasteiger partial charge in [0.05, 0.1) is 4.88 Å². The molecule has 1 aromatic heterocycles. The van der Waals surface area contributed by atoms with Gasteiger partial charge >= 0.3 is 0 Å². The molecule has 0 spiro atoms. The summed E-state index contributed by atoms with van der Waals surface area (Å²) in [7, 11) is 0. The van der Waals surface area contributed by atoms with E-state index < -0.39 is 0 Å². The lowest BCUT2D eigenvalue weighted by Gasteiger charge is -2.05. The summed E-state index contributed by atoms with van der Waals surface area (Å²) in [4.78, 5) is 14.3. The number of thiophene rings is 1. The van der Waals surface area contributed by atoms with Crippen LogP contribution in [-0.4, -0.2) is 5.78 Å². The van der Waals surface area contributed by atoms with E-state index in [1.807, 2.05) is 37.3 Å². The van der Waals surface area contributed by atoms with Gasteiger partial charge in [0.2, 0.25) is 0 Å². The Balaban J connectivity index is 1.78. The molecule has 0 aliphatic heterocycles. The molecule has 0 atom stereocenters. The first kappa shape index (κ1) is 19.1. The van der Waals surface area contributed by atoms with Gasteiger partial charge in [0.15, 0.2) is 5.78 Å². The Morgan fingerprint density at radius 2 is 1.70 bits per heavy atom. The molecule has 0 fully saturated rings. The van der Waals surface area contributed by atoms with Gasteiger partial charge in [-0.2, -0.15) is 0 Å². The standard InChI is InChI=1S/C25H24OS/c1-3-5-8-19-11-13-20(14-12-19)15-16-21-17-18-25(27-21)23-10-7-6-9-22(23)24(26)4-2/h6-7,9-14,17-18H,3-5,8H2,1-2H3. The summed E-state index contributed by atoms with van der Waals surface area (Å²) < 4.78 is 0. The van der Waals surface area contributed by atoms with Gasteiger partial charge in [-0.15, -0.1) is 11.3 Å². The summed E-state index contributed by atoms with van der Waals surface area (Å²) in [6, 6.07) is 20.5. The maximum absolute atomic E-state index is 12.2. The molecule has 1 nitrogen and oxygen atoms in total. The fourth-order valence-corrected chi connectivity index (χ4v) is 3.85. The van der Waals surface area contributed by atoms with Crippen LogP contribution in [0.2, 0.25) is 0 Å². The highest BCUT2D eigenvalue weighted by Gasteiger charge is 2.12. The zero-order valence-electron chi connectivity index (χ0n) is 15.9. The molecule has 2 aromatic carbocycles. The van der Waals surface area contributed by atoms with Crippen LogP contribution in [0, 0.1) is 11.8 Å². The normalized spacial score (nSPS) is 10.3. The van der Waals surface area contributed by atoms with Gasteiger partial charge in [0.1, 0.15) is 0 Å². The summed E-state index contributed by atoms with van der Waals surface area (Å²) in [6.45, 7) is 4.11. The van der Waals surface area contributed by atoms with Crippen molar-refractivity contribution < 1.29 is 4.79 Å². The zero-order chi connectivity index (χ0) is 19.1. The molecule has 3 aromatic rings. The molecule has 0 N–H and O–H groups in total. The van der Waals surface area contributed by atoms with Crippen LogP contribution in [0.25, 0.3) is 10.4 Å². The number of carbonyl (C=O) groups is 1. The number of aryl methyl sites for hydroxylation is 1. The summed E-state index contributed by atoms with van der Waals surface area (Å²) in [5.41, 5.74) is 4.21. The van der Waals surface area contributed by atoms with Crippen LogP contribution in [0.5, 0.6) is 0 Å². The average Bonchev–Trinajstić information content (AvgIpc) is 3.20. The molecule has 0 aliphatic carbocycles. The Bertz CT molecular complexity index is 967. The van der Waals surface area contributed by atoms with Crippen molar-refractivity contribution in [2.45, 2.75) is 39.5 Å². The Morgan fingerprint density at radius 1 is 0.926 bits per heavy atom. The van der Waals surface area contributed by atoms with Crippen LogP contribution >= 0.6 is 11.3 Å². The lowest BCUT2D eigenvalue weighted by atomic mass is 10.0. The third-order valence-electron chi connectivity index (χ3n) is 4.52. The first-order valence-corrected chi connectivity index (χ1v) is 10.4. The van der Waals surface area contributed by atoms with Crippen LogP contribution in [-0.2, 0) is 6.42 Å². The first-order chi connectivity index (χ1) is 13.2. The number of Topliss-reactive ketones (excluding diaryl/α,β-unsaturated/α-hetero) is 1. The molecular weight excluding hydrogens is 348 g/mol. The number of ketones is 1. The highest BCUT2D eigenvalue weighted by molar-refractivity contribution is 7.16. The van der Waals surface area contributed by atoms with Crippen LogP contribution in [0.15, 0.2) is 60.7 Å². The number of hydrogen-bond donors (Lipinski definition) is 0. The lowest BCUT2D eigenvalue weighted by molar-refractivity contribution is 0.0989. The minimum Gasteiger partial charge on any atom is -0.294 e. The topological polar surface area (TPSA) is 17.1 Å². The molecule has 136 valence electrons. The Kier molecular flexibility index (Phi) is 6.63. The molecule has 0 saturated heterocycles. The molecule has 0 saturated carbocycles. The number of benzene rings is 2. The Labute approximate surface area is 166 Å². The highest BCUT2D eigenvalue weighted by Crippen LogP contribution is 2.31. The molecule has 0 amide bonds. The largest absolute Gasteiger partial charge is 0.294 e. The fraction of sp³-hybridized carbons (Fsp3) is 0.240.